The van der Waals surface area contributed by atoms with E-state index in [1.54, 1.807) is 10.9 Å². The molecule has 0 saturated heterocycles. The van der Waals surface area contributed by atoms with Gasteiger partial charge in [0.1, 0.15) is 11.4 Å². The van der Waals surface area contributed by atoms with Gasteiger partial charge in [-0.2, -0.15) is 0 Å². The Hall–Kier alpha value is -3.19. The number of hydrogen-bond donors (Lipinski definition) is 2. The molecule has 7 nitrogen and oxygen atoms in total. The van der Waals surface area contributed by atoms with Crippen molar-refractivity contribution < 1.29 is 14.6 Å². The van der Waals surface area contributed by atoms with Gasteiger partial charge in [-0.05, 0) is 48.2 Å². The number of aliphatic hydroxyl groups excluding tert-OH is 1. The third kappa shape index (κ3) is 3.83. The smallest absolute Gasteiger partial charge is 0.224 e. The molecule has 3 aromatic rings. The number of carbonyl (C=O) groups is 1. The summed E-state index contributed by atoms with van der Waals surface area (Å²) in [6.07, 6.45) is 2.92. The third-order valence-corrected chi connectivity index (χ3v) is 4.63. The number of benzene rings is 2. The van der Waals surface area contributed by atoms with Gasteiger partial charge in [0, 0.05) is 12.1 Å². The summed E-state index contributed by atoms with van der Waals surface area (Å²) in [4.78, 5) is 12.5. The second-order valence-corrected chi connectivity index (χ2v) is 6.48. The van der Waals surface area contributed by atoms with Crippen molar-refractivity contribution >= 4 is 11.6 Å². The molecule has 2 aromatic carbocycles. The minimum Gasteiger partial charge on any atom is -0.493 e. The Balaban J connectivity index is 1.40. The fourth-order valence-corrected chi connectivity index (χ4v) is 3.26. The molecule has 2 heterocycles. The summed E-state index contributed by atoms with van der Waals surface area (Å²) < 4.78 is 7.24. The van der Waals surface area contributed by atoms with E-state index in [9.17, 15) is 4.79 Å². The number of anilines is 1. The molecule has 4 rings (SSSR count). The molecule has 1 aromatic heterocycles. The lowest BCUT2D eigenvalue weighted by atomic mass is 9.90. The molecule has 1 aliphatic heterocycles. The molecule has 1 atom stereocenters. The number of fused-ring (bicyclic) bond motifs is 1. The number of nitrogens with one attached hydrogen (secondary N) is 1. The van der Waals surface area contributed by atoms with E-state index in [4.69, 9.17) is 9.84 Å². The van der Waals surface area contributed by atoms with Gasteiger partial charge in [0.05, 0.1) is 25.1 Å². The second-order valence-electron chi connectivity index (χ2n) is 6.48. The van der Waals surface area contributed by atoms with Gasteiger partial charge >= 0.3 is 0 Å². The number of carbonyl (C=O) groups excluding carboxylic acids is 1. The van der Waals surface area contributed by atoms with E-state index >= 15 is 0 Å². The Morgan fingerprint density at radius 2 is 2.04 bits per heavy atom. The number of rotatable bonds is 5. The Morgan fingerprint density at radius 1 is 1.22 bits per heavy atom. The highest BCUT2D eigenvalue weighted by Gasteiger charge is 2.23. The quantitative estimate of drug-likeness (QED) is 0.726. The Labute approximate surface area is 156 Å². The van der Waals surface area contributed by atoms with Crippen molar-refractivity contribution in [3.8, 4) is 11.4 Å². The lowest BCUT2D eigenvalue weighted by Crippen LogP contribution is -2.20. The maximum Gasteiger partial charge on any atom is 0.224 e. The van der Waals surface area contributed by atoms with Crippen LogP contribution in [0, 0.1) is 0 Å². The van der Waals surface area contributed by atoms with Gasteiger partial charge < -0.3 is 15.2 Å². The Bertz CT molecular complexity index is 936. The first-order valence-electron chi connectivity index (χ1n) is 8.87. The van der Waals surface area contributed by atoms with Gasteiger partial charge in [-0.3, -0.25) is 4.79 Å². The highest BCUT2D eigenvalue weighted by atomic mass is 16.5. The van der Waals surface area contributed by atoms with Crippen LogP contribution in [0.2, 0.25) is 0 Å². The molecule has 1 aliphatic rings. The fraction of sp³-hybridized carbons (Fsp3) is 0.250. The SMILES string of the molecule is O=C(CC1CCOc2ccccc21)Nc1ccc(-n2cc(CO)nn2)cc1. The number of amides is 1. The van der Waals surface area contributed by atoms with Gasteiger partial charge in [0.2, 0.25) is 5.91 Å². The zero-order valence-electron chi connectivity index (χ0n) is 14.7. The first kappa shape index (κ1) is 17.2. The number of hydrogen-bond acceptors (Lipinski definition) is 5. The van der Waals surface area contributed by atoms with Crippen molar-refractivity contribution in [3.63, 3.8) is 0 Å². The molecule has 0 radical (unpaired) electrons. The van der Waals surface area contributed by atoms with E-state index in [0.717, 1.165) is 29.1 Å². The highest BCUT2D eigenvalue weighted by Crippen LogP contribution is 2.35. The minimum atomic E-state index is -0.149. The molecule has 1 unspecified atom stereocenters. The van der Waals surface area contributed by atoms with Crippen LogP contribution in [0.25, 0.3) is 5.69 Å². The summed E-state index contributed by atoms with van der Waals surface area (Å²) in [5.41, 5.74) is 3.13. The maximum absolute atomic E-state index is 12.5. The van der Waals surface area contributed by atoms with Crippen LogP contribution in [0.1, 0.15) is 30.0 Å². The highest BCUT2D eigenvalue weighted by molar-refractivity contribution is 5.91. The molecule has 27 heavy (non-hydrogen) atoms. The van der Waals surface area contributed by atoms with Crippen molar-refractivity contribution in [2.45, 2.75) is 25.4 Å². The topological polar surface area (TPSA) is 89.3 Å². The zero-order chi connectivity index (χ0) is 18.6. The lowest BCUT2D eigenvalue weighted by molar-refractivity contribution is -0.116. The molecular weight excluding hydrogens is 344 g/mol. The normalized spacial score (nSPS) is 15.7. The number of para-hydroxylation sites is 1. The summed E-state index contributed by atoms with van der Waals surface area (Å²) in [5, 5.41) is 19.8. The van der Waals surface area contributed by atoms with Crippen molar-refractivity contribution in [2.75, 3.05) is 11.9 Å². The molecule has 0 saturated carbocycles. The van der Waals surface area contributed by atoms with Gasteiger partial charge in [-0.25, -0.2) is 4.68 Å². The summed E-state index contributed by atoms with van der Waals surface area (Å²) in [5.74, 6) is 1.02. The van der Waals surface area contributed by atoms with Crippen LogP contribution in [0.3, 0.4) is 0 Å². The molecular formula is C20H20N4O3. The largest absolute Gasteiger partial charge is 0.493 e. The third-order valence-electron chi connectivity index (χ3n) is 4.63. The second kappa shape index (κ2) is 7.59. The monoisotopic (exact) mass is 364 g/mol. The predicted molar refractivity (Wildman–Crippen MR) is 99.8 cm³/mol. The Kier molecular flexibility index (Phi) is 4.84. The molecule has 0 spiro atoms. The lowest BCUT2D eigenvalue weighted by Gasteiger charge is -2.25. The number of ether oxygens (including phenoxy) is 1. The van der Waals surface area contributed by atoms with E-state index in [0.29, 0.717) is 18.7 Å². The summed E-state index contributed by atoms with van der Waals surface area (Å²) in [6, 6.07) is 15.2. The van der Waals surface area contributed by atoms with Crippen LogP contribution in [0.4, 0.5) is 5.69 Å². The predicted octanol–water partition coefficient (Wildman–Crippen LogP) is 2.65. The molecule has 0 aliphatic carbocycles. The van der Waals surface area contributed by atoms with Crippen molar-refractivity contribution in [1.29, 1.82) is 0 Å². The molecule has 0 bridgehead atoms. The van der Waals surface area contributed by atoms with Crippen LogP contribution in [0.5, 0.6) is 5.75 Å². The average molecular weight is 364 g/mol. The van der Waals surface area contributed by atoms with Crippen molar-refractivity contribution in [1.82, 2.24) is 15.0 Å². The van der Waals surface area contributed by atoms with E-state index in [1.807, 2.05) is 48.5 Å². The standard InChI is InChI=1S/C20H20N4O3/c25-13-16-12-24(23-22-16)17-7-5-15(6-8-17)21-20(26)11-14-9-10-27-19-4-2-1-3-18(14)19/h1-8,12,14,25H,9-11,13H2,(H,21,26). The van der Waals surface area contributed by atoms with E-state index < -0.39 is 0 Å². The van der Waals surface area contributed by atoms with Crippen molar-refractivity contribution in [3.05, 3.63) is 66.0 Å². The molecule has 7 heteroatoms. The van der Waals surface area contributed by atoms with Crippen LogP contribution in [-0.4, -0.2) is 32.6 Å². The fourth-order valence-electron chi connectivity index (χ4n) is 3.26. The molecule has 138 valence electrons. The first-order valence-corrected chi connectivity index (χ1v) is 8.87. The van der Waals surface area contributed by atoms with Crippen LogP contribution in [0.15, 0.2) is 54.7 Å². The van der Waals surface area contributed by atoms with Crippen LogP contribution >= 0.6 is 0 Å². The van der Waals surface area contributed by atoms with Crippen LogP contribution < -0.4 is 10.1 Å². The van der Waals surface area contributed by atoms with E-state index in [1.165, 1.54) is 0 Å². The molecule has 0 fully saturated rings. The number of aliphatic hydroxyl groups is 1. The van der Waals surface area contributed by atoms with Gasteiger partial charge in [-0.1, -0.05) is 23.4 Å². The molecule has 1 amide bonds. The maximum atomic E-state index is 12.5. The van der Waals surface area contributed by atoms with E-state index in [2.05, 4.69) is 15.6 Å². The summed E-state index contributed by atoms with van der Waals surface area (Å²) >= 11 is 0. The van der Waals surface area contributed by atoms with Crippen LogP contribution in [-0.2, 0) is 11.4 Å². The van der Waals surface area contributed by atoms with E-state index in [-0.39, 0.29) is 18.4 Å². The Morgan fingerprint density at radius 3 is 2.81 bits per heavy atom. The zero-order valence-corrected chi connectivity index (χ0v) is 14.7. The van der Waals surface area contributed by atoms with Gasteiger partial charge in [0.15, 0.2) is 0 Å². The summed E-state index contributed by atoms with van der Waals surface area (Å²) in [6.45, 7) is 0.487. The molecule has 2 N–H and O–H groups in total. The van der Waals surface area contributed by atoms with Gasteiger partial charge in [-0.15, -0.1) is 5.10 Å². The van der Waals surface area contributed by atoms with Gasteiger partial charge in [0.25, 0.3) is 0 Å². The summed E-state index contributed by atoms with van der Waals surface area (Å²) in [7, 11) is 0. The minimum absolute atomic E-state index is 0.0206. The van der Waals surface area contributed by atoms with Crippen molar-refractivity contribution in [2.24, 2.45) is 0 Å². The average Bonchev–Trinajstić information content (AvgIpc) is 3.18. The first-order chi connectivity index (χ1) is 13.2. The number of nitrogens with zero attached hydrogens (tertiary/aromatic N) is 3. The number of aromatic nitrogens is 3.